The normalized spacial score (nSPS) is 12.2. The topological polar surface area (TPSA) is 71.4 Å². The van der Waals surface area contributed by atoms with Gasteiger partial charge in [-0.2, -0.15) is 8.42 Å². The van der Waals surface area contributed by atoms with E-state index in [-0.39, 0.29) is 4.90 Å². The SMILES string of the molecule is CCCCCC(=NS(=O)(=O)c1ccc(C)cc1)Nc1ccccn1. The summed E-state index contributed by atoms with van der Waals surface area (Å²) in [6, 6.07) is 12.1. The Morgan fingerprint density at radius 3 is 2.50 bits per heavy atom. The first kappa shape index (κ1) is 18.1. The second-order valence-electron chi connectivity index (χ2n) is 5.62. The number of nitrogens with zero attached hydrogens (tertiary/aromatic N) is 2. The van der Waals surface area contributed by atoms with E-state index in [4.69, 9.17) is 0 Å². The minimum Gasteiger partial charge on any atom is -0.328 e. The van der Waals surface area contributed by atoms with Crippen LogP contribution in [-0.4, -0.2) is 19.2 Å². The van der Waals surface area contributed by atoms with E-state index in [0.717, 1.165) is 24.8 Å². The van der Waals surface area contributed by atoms with Crippen LogP contribution in [0.1, 0.15) is 38.2 Å². The van der Waals surface area contributed by atoms with E-state index in [9.17, 15) is 8.42 Å². The summed E-state index contributed by atoms with van der Waals surface area (Å²) in [6.45, 7) is 4.02. The number of aromatic nitrogens is 1. The quantitative estimate of drug-likeness (QED) is 0.464. The summed E-state index contributed by atoms with van der Waals surface area (Å²) in [7, 11) is -3.74. The molecule has 1 N–H and O–H groups in total. The van der Waals surface area contributed by atoms with Crippen molar-refractivity contribution in [1.29, 1.82) is 0 Å². The molecule has 0 aliphatic carbocycles. The van der Waals surface area contributed by atoms with Crippen LogP contribution in [0.3, 0.4) is 0 Å². The maximum atomic E-state index is 12.5. The lowest BCUT2D eigenvalue weighted by Crippen LogP contribution is -2.15. The third kappa shape index (κ3) is 5.45. The molecule has 6 heteroatoms. The van der Waals surface area contributed by atoms with Gasteiger partial charge in [-0.05, 0) is 37.6 Å². The van der Waals surface area contributed by atoms with Gasteiger partial charge in [0.1, 0.15) is 11.7 Å². The largest absolute Gasteiger partial charge is 0.328 e. The third-order valence-electron chi connectivity index (χ3n) is 3.50. The van der Waals surface area contributed by atoms with Crippen LogP contribution in [0.2, 0.25) is 0 Å². The van der Waals surface area contributed by atoms with E-state index in [0.29, 0.717) is 18.1 Å². The first-order valence-electron chi connectivity index (χ1n) is 8.10. The Bertz CT molecular complexity index is 770. The van der Waals surface area contributed by atoms with Crippen LogP contribution in [0, 0.1) is 6.92 Å². The molecule has 1 aromatic carbocycles. The average Bonchev–Trinajstić information content (AvgIpc) is 2.56. The number of amidine groups is 1. The summed E-state index contributed by atoms with van der Waals surface area (Å²) in [5.41, 5.74) is 1.01. The minimum absolute atomic E-state index is 0.198. The lowest BCUT2D eigenvalue weighted by atomic mass is 10.2. The highest BCUT2D eigenvalue weighted by Crippen LogP contribution is 2.15. The van der Waals surface area contributed by atoms with E-state index >= 15 is 0 Å². The smallest absolute Gasteiger partial charge is 0.283 e. The molecule has 0 bridgehead atoms. The Hall–Kier alpha value is -2.21. The van der Waals surface area contributed by atoms with Gasteiger partial charge in [-0.1, -0.05) is 43.5 Å². The van der Waals surface area contributed by atoms with E-state index < -0.39 is 10.0 Å². The van der Waals surface area contributed by atoms with Crippen LogP contribution in [0.5, 0.6) is 0 Å². The molecule has 1 aromatic heterocycles. The van der Waals surface area contributed by atoms with Gasteiger partial charge in [-0.25, -0.2) is 4.98 Å². The molecule has 24 heavy (non-hydrogen) atoms. The van der Waals surface area contributed by atoms with Crippen LogP contribution < -0.4 is 5.32 Å². The number of anilines is 1. The van der Waals surface area contributed by atoms with Crippen molar-refractivity contribution in [3.05, 3.63) is 54.2 Å². The monoisotopic (exact) mass is 345 g/mol. The molecule has 0 radical (unpaired) electrons. The number of aryl methyl sites for hydroxylation is 1. The highest BCUT2D eigenvalue weighted by molar-refractivity contribution is 7.90. The molecule has 0 aliphatic heterocycles. The lowest BCUT2D eigenvalue weighted by molar-refractivity contribution is 0.597. The van der Waals surface area contributed by atoms with Gasteiger partial charge in [-0.15, -0.1) is 4.40 Å². The molecular formula is C18H23N3O2S. The third-order valence-corrected chi connectivity index (χ3v) is 4.83. The van der Waals surface area contributed by atoms with Crippen molar-refractivity contribution in [2.24, 2.45) is 4.40 Å². The molecule has 128 valence electrons. The summed E-state index contributed by atoms with van der Waals surface area (Å²) in [5, 5.41) is 3.03. The molecule has 0 saturated carbocycles. The van der Waals surface area contributed by atoms with Crippen molar-refractivity contribution < 1.29 is 8.42 Å². The van der Waals surface area contributed by atoms with Gasteiger partial charge < -0.3 is 5.32 Å². The van der Waals surface area contributed by atoms with Gasteiger partial charge in [0.2, 0.25) is 0 Å². The van der Waals surface area contributed by atoms with Gasteiger partial charge in [0, 0.05) is 12.6 Å². The highest BCUT2D eigenvalue weighted by atomic mass is 32.2. The summed E-state index contributed by atoms with van der Waals surface area (Å²) >= 11 is 0. The zero-order valence-corrected chi connectivity index (χ0v) is 14.9. The maximum absolute atomic E-state index is 12.5. The van der Waals surface area contributed by atoms with Gasteiger partial charge in [0.15, 0.2) is 0 Å². The Morgan fingerprint density at radius 2 is 1.88 bits per heavy atom. The van der Waals surface area contributed by atoms with Crippen LogP contribution in [0.4, 0.5) is 5.82 Å². The van der Waals surface area contributed by atoms with E-state index in [2.05, 4.69) is 21.6 Å². The molecule has 1 heterocycles. The van der Waals surface area contributed by atoms with Crippen LogP contribution in [-0.2, 0) is 10.0 Å². The van der Waals surface area contributed by atoms with Crippen molar-refractivity contribution in [2.75, 3.05) is 5.32 Å². The number of unbranched alkanes of at least 4 members (excludes halogenated alkanes) is 2. The Kier molecular flexibility index (Phi) is 6.49. The fourth-order valence-corrected chi connectivity index (χ4v) is 3.18. The second kappa shape index (κ2) is 8.59. The fraction of sp³-hybridized carbons (Fsp3) is 0.333. The van der Waals surface area contributed by atoms with Crippen molar-refractivity contribution in [3.63, 3.8) is 0 Å². The number of nitrogens with one attached hydrogen (secondary N) is 1. The molecule has 2 rings (SSSR count). The van der Waals surface area contributed by atoms with E-state index in [1.54, 1.807) is 36.5 Å². The van der Waals surface area contributed by atoms with Gasteiger partial charge >= 0.3 is 0 Å². The van der Waals surface area contributed by atoms with Crippen molar-refractivity contribution in [1.82, 2.24) is 4.98 Å². The minimum atomic E-state index is -3.74. The van der Waals surface area contributed by atoms with Crippen LogP contribution >= 0.6 is 0 Å². The maximum Gasteiger partial charge on any atom is 0.283 e. The Labute approximate surface area is 143 Å². The predicted molar refractivity (Wildman–Crippen MR) is 97.8 cm³/mol. The molecule has 5 nitrogen and oxygen atoms in total. The number of hydrogen-bond acceptors (Lipinski definition) is 3. The van der Waals surface area contributed by atoms with Gasteiger partial charge in [0.05, 0.1) is 4.90 Å². The number of benzene rings is 1. The summed E-state index contributed by atoms with van der Waals surface area (Å²) in [4.78, 5) is 4.37. The van der Waals surface area contributed by atoms with Crippen molar-refractivity contribution in [2.45, 2.75) is 44.4 Å². The molecule has 0 fully saturated rings. The molecule has 0 atom stereocenters. The Balaban J connectivity index is 2.26. The fourth-order valence-electron chi connectivity index (χ4n) is 2.17. The standard InChI is InChI=1S/C18H23N3O2S/c1-3-4-5-9-18(20-17-8-6-7-14-19-17)21-24(22,23)16-12-10-15(2)11-13-16/h6-8,10-14H,3-5,9H2,1-2H3,(H,19,20,21). The number of sulfonamides is 1. The molecule has 0 amide bonds. The van der Waals surface area contributed by atoms with Gasteiger partial charge in [-0.3, -0.25) is 0 Å². The molecule has 2 aromatic rings. The van der Waals surface area contributed by atoms with E-state index in [1.165, 1.54) is 0 Å². The van der Waals surface area contributed by atoms with E-state index in [1.807, 2.05) is 19.1 Å². The molecule has 0 spiro atoms. The van der Waals surface area contributed by atoms with Crippen LogP contribution in [0.15, 0.2) is 58.0 Å². The number of rotatable bonds is 7. The predicted octanol–water partition coefficient (Wildman–Crippen LogP) is 4.17. The zero-order chi connectivity index (χ0) is 17.4. The molecule has 0 aliphatic rings. The Morgan fingerprint density at radius 1 is 1.12 bits per heavy atom. The molecule has 0 unspecified atom stereocenters. The summed E-state index contributed by atoms with van der Waals surface area (Å²) < 4.78 is 29.1. The summed E-state index contributed by atoms with van der Waals surface area (Å²) in [5.74, 6) is 1.01. The van der Waals surface area contributed by atoms with Crippen molar-refractivity contribution >= 4 is 21.7 Å². The summed E-state index contributed by atoms with van der Waals surface area (Å²) in [6.07, 6.45) is 5.17. The van der Waals surface area contributed by atoms with Gasteiger partial charge in [0.25, 0.3) is 10.0 Å². The number of pyridine rings is 1. The number of hydrogen-bond donors (Lipinski definition) is 1. The molecular weight excluding hydrogens is 322 g/mol. The zero-order valence-electron chi connectivity index (χ0n) is 14.1. The first-order valence-corrected chi connectivity index (χ1v) is 9.54. The molecule has 0 saturated heterocycles. The van der Waals surface area contributed by atoms with Crippen LogP contribution in [0.25, 0.3) is 0 Å². The highest BCUT2D eigenvalue weighted by Gasteiger charge is 2.14. The lowest BCUT2D eigenvalue weighted by Gasteiger charge is -2.09. The first-order chi connectivity index (χ1) is 11.5. The van der Waals surface area contributed by atoms with Crippen molar-refractivity contribution in [3.8, 4) is 0 Å². The second-order valence-corrected chi connectivity index (χ2v) is 7.23. The average molecular weight is 345 g/mol.